The van der Waals surface area contributed by atoms with Crippen molar-refractivity contribution in [3.63, 3.8) is 0 Å². The van der Waals surface area contributed by atoms with E-state index in [9.17, 15) is 0 Å². The molecule has 3 unspecified atom stereocenters. The molecule has 0 saturated heterocycles. The average Bonchev–Trinajstić information content (AvgIpc) is 2.22. The minimum atomic E-state index is 1.05. The normalized spacial score (nSPS) is 56.7. The van der Waals surface area contributed by atoms with Crippen molar-refractivity contribution in [1.82, 2.24) is 0 Å². The molecule has 0 amide bonds. The van der Waals surface area contributed by atoms with Crippen molar-refractivity contribution in [3.05, 3.63) is 0 Å². The monoisotopic (exact) mass is 124 g/mol. The van der Waals surface area contributed by atoms with Gasteiger partial charge in [-0.1, -0.05) is 13.8 Å². The van der Waals surface area contributed by atoms with E-state index in [2.05, 4.69) is 13.8 Å². The lowest BCUT2D eigenvalue weighted by atomic mass is 9.83. The van der Waals surface area contributed by atoms with Crippen LogP contribution in [0.1, 0.15) is 33.1 Å². The van der Waals surface area contributed by atoms with Crippen molar-refractivity contribution in [2.75, 3.05) is 0 Å². The van der Waals surface area contributed by atoms with Gasteiger partial charge in [-0.2, -0.15) is 0 Å². The molecule has 2 fully saturated rings. The predicted octanol–water partition coefficient (Wildman–Crippen LogP) is 2.69. The van der Waals surface area contributed by atoms with Crippen LogP contribution in [-0.4, -0.2) is 0 Å². The van der Waals surface area contributed by atoms with E-state index in [1.165, 1.54) is 12.8 Å². The summed E-state index contributed by atoms with van der Waals surface area (Å²) < 4.78 is 0. The molecular weight excluding hydrogens is 108 g/mol. The van der Waals surface area contributed by atoms with Crippen LogP contribution in [0.15, 0.2) is 0 Å². The summed E-state index contributed by atoms with van der Waals surface area (Å²) in [6.45, 7) is 4.86. The van der Waals surface area contributed by atoms with Crippen molar-refractivity contribution in [1.29, 1.82) is 0 Å². The summed E-state index contributed by atoms with van der Waals surface area (Å²) in [4.78, 5) is 0. The Hall–Kier alpha value is 0. The fourth-order valence-corrected chi connectivity index (χ4v) is 3.10. The predicted molar refractivity (Wildman–Crippen MR) is 39.2 cm³/mol. The molecule has 2 rings (SSSR count). The topological polar surface area (TPSA) is 0 Å². The first kappa shape index (κ1) is 5.76. The molecular formula is C9H16. The van der Waals surface area contributed by atoms with Gasteiger partial charge >= 0.3 is 0 Å². The van der Waals surface area contributed by atoms with E-state index in [1.807, 2.05) is 0 Å². The summed E-state index contributed by atoms with van der Waals surface area (Å²) in [5, 5.41) is 0. The second kappa shape index (κ2) is 1.74. The van der Waals surface area contributed by atoms with Gasteiger partial charge in [0.15, 0.2) is 0 Å². The minimum Gasteiger partial charge on any atom is -0.0622 e. The van der Waals surface area contributed by atoms with Crippen molar-refractivity contribution < 1.29 is 0 Å². The van der Waals surface area contributed by atoms with Crippen LogP contribution < -0.4 is 0 Å². The molecule has 0 N–H and O–H groups in total. The Balaban J connectivity index is 2.13. The number of fused-ring (bicyclic) bond motifs is 2. The molecule has 52 valence electrons. The highest BCUT2D eigenvalue weighted by Gasteiger charge is 2.41. The number of rotatable bonds is 0. The zero-order valence-electron chi connectivity index (χ0n) is 6.43. The van der Waals surface area contributed by atoms with Gasteiger partial charge in [-0.3, -0.25) is 0 Å². The van der Waals surface area contributed by atoms with Crippen LogP contribution >= 0.6 is 0 Å². The lowest BCUT2D eigenvalue weighted by molar-refractivity contribution is 0.272. The average molecular weight is 124 g/mol. The molecule has 2 bridgehead atoms. The van der Waals surface area contributed by atoms with E-state index in [0.717, 1.165) is 23.7 Å². The van der Waals surface area contributed by atoms with Crippen molar-refractivity contribution >= 4 is 0 Å². The first-order valence-corrected chi connectivity index (χ1v) is 4.27. The molecule has 0 heteroatoms. The molecule has 0 nitrogen and oxygen atoms in total. The second-order valence-corrected chi connectivity index (χ2v) is 4.19. The first-order chi connectivity index (χ1) is 4.27. The van der Waals surface area contributed by atoms with Crippen LogP contribution in [0.3, 0.4) is 0 Å². The Kier molecular flexibility index (Phi) is 1.12. The molecule has 0 spiro atoms. The van der Waals surface area contributed by atoms with E-state index in [4.69, 9.17) is 0 Å². The molecule has 2 aliphatic rings. The molecule has 0 aromatic carbocycles. The van der Waals surface area contributed by atoms with Crippen molar-refractivity contribution in [3.8, 4) is 0 Å². The van der Waals surface area contributed by atoms with Crippen LogP contribution in [0, 0.1) is 23.7 Å². The summed E-state index contributed by atoms with van der Waals surface area (Å²) >= 11 is 0. The molecule has 2 aliphatic carbocycles. The van der Waals surface area contributed by atoms with E-state index < -0.39 is 0 Å². The fourth-order valence-electron chi connectivity index (χ4n) is 3.10. The Bertz CT molecular complexity index is 105. The summed E-state index contributed by atoms with van der Waals surface area (Å²) in [5.41, 5.74) is 0. The van der Waals surface area contributed by atoms with Crippen LogP contribution in [0.5, 0.6) is 0 Å². The number of hydrogen-bond donors (Lipinski definition) is 0. The van der Waals surface area contributed by atoms with Gasteiger partial charge in [0, 0.05) is 0 Å². The van der Waals surface area contributed by atoms with Crippen molar-refractivity contribution in [2.24, 2.45) is 23.7 Å². The highest BCUT2D eigenvalue weighted by molar-refractivity contribution is 4.91. The highest BCUT2D eigenvalue weighted by atomic mass is 14.5. The summed E-state index contributed by atoms with van der Waals surface area (Å²) in [6.07, 6.45) is 4.63. The fraction of sp³-hybridized carbons (Fsp3) is 1.00. The first-order valence-electron chi connectivity index (χ1n) is 4.27. The van der Waals surface area contributed by atoms with Crippen molar-refractivity contribution in [2.45, 2.75) is 33.1 Å². The van der Waals surface area contributed by atoms with Gasteiger partial charge in [0.25, 0.3) is 0 Å². The largest absolute Gasteiger partial charge is 0.0622 e. The minimum absolute atomic E-state index is 1.05. The Morgan fingerprint density at radius 3 is 1.67 bits per heavy atom. The third kappa shape index (κ3) is 0.720. The second-order valence-electron chi connectivity index (χ2n) is 4.19. The third-order valence-corrected chi connectivity index (χ3v) is 3.48. The Morgan fingerprint density at radius 1 is 0.889 bits per heavy atom. The van der Waals surface area contributed by atoms with Crippen LogP contribution in [0.2, 0.25) is 0 Å². The van der Waals surface area contributed by atoms with Gasteiger partial charge in [-0.25, -0.2) is 0 Å². The zero-order chi connectivity index (χ0) is 6.43. The SMILES string of the molecule is CC1CC2CC1[C@@H](C)C2. The molecule has 4 atom stereocenters. The van der Waals surface area contributed by atoms with Gasteiger partial charge in [-0.15, -0.1) is 0 Å². The van der Waals surface area contributed by atoms with E-state index in [0.29, 0.717) is 0 Å². The maximum absolute atomic E-state index is 2.43. The van der Waals surface area contributed by atoms with E-state index in [-0.39, 0.29) is 0 Å². The molecule has 0 radical (unpaired) electrons. The summed E-state index contributed by atoms with van der Waals surface area (Å²) in [5.74, 6) is 4.34. The van der Waals surface area contributed by atoms with Gasteiger partial charge in [-0.05, 0) is 42.9 Å². The molecule has 0 aromatic heterocycles. The third-order valence-electron chi connectivity index (χ3n) is 3.48. The molecule has 0 aliphatic heterocycles. The zero-order valence-corrected chi connectivity index (χ0v) is 6.43. The molecule has 0 heterocycles. The van der Waals surface area contributed by atoms with Gasteiger partial charge in [0.2, 0.25) is 0 Å². The van der Waals surface area contributed by atoms with Crippen LogP contribution in [0.25, 0.3) is 0 Å². The van der Waals surface area contributed by atoms with E-state index in [1.54, 1.807) is 6.42 Å². The summed E-state index contributed by atoms with van der Waals surface area (Å²) in [6, 6.07) is 0. The maximum atomic E-state index is 2.43. The number of hydrogen-bond acceptors (Lipinski definition) is 0. The highest BCUT2D eigenvalue weighted by Crippen LogP contribution is 2.51. The lowest BCUT2D eigenvalue weighted by Crippen LogP contribution is -2.14. The van der Waals surface area contributed by atoms with Gasteiger partial charge in [0.05, 0.1) is 0 Å². The standard InChI is InChI=1S/C9H16/c1-6-3-8-4-7(2)9(6)5-8/h6-9H,3-5H2,1-2H3/t6-,7?,8?,9?/m0/s1. The van der Waals surface area contributed by atoms with Crippen LogP contribution in [0.4, 0.5) is 0 Å². The quantitative estimate of drug-likeness (QED) is 0.465. The van der Waals surface area contributed by atoms with Gasteiger partial charge in [0.1, 0.15) is 0 Å². The lowest BCUT2D eigenvalue weighted by Gasteiger charge is -2.23. The molecule has 2 saturated carbocycles. The maximum Gasteiger partial charge on any atom is -0.0360 e. The Labute approximate surface area is 57.6 Å². The smallest absolute Gasteiger partial charge is 0.0360 e. The molecule has 0 aromatic rings. The van der Waals surface area contributed by atoms with Gasteiger partial charge < -0.3 is 0 Å². The Morgan fingerprint density at radius 2 is 1.44 bits per heavy atom. The van der Waals surface area contributed by atoms with Crippen LogP contribution in [-0.2, 0) is 0 Å². The van der Waals surface area contributed by atoms with E-state index >= 15 is 0 Å². The molecule has 9 heavy (non-hydrogen) atoms. The summed E-state index contributed by atoms with van der Waals surface area (Å²) in [7, 11) is 0.